The molecular weight excluding hydrogens is 238 g/mol. The predicted octanol–water partition coefficient (Wildman–Crippen LogP) is 2.23. The van der Waals surface area contributed by atoms with Crippen LogP contribution in [0.2, 0.25) is 5.02 Å². The highest BCUT2D eigenvalue weighted by Gasteiger charge is 2.42. The Labute approximate surface area is 105 Å². The third-order valence-corrected chi connectivity index (χ3v) is 3.83. The summed E-state index contributed by atoms with van der Waals surface area (Å²) in [5.74, 6) is 0.213. The molecule has 0 aromatic heterocycles. The number of hydrogen-bond acceptors (Lipinski definition) is 2. The lowest BCUT2D eigenvalue weighted by atomic mass is 10.1. The summed E-state index contributed by atoms with van der Waals surface area (Å²) in [7, 11) is 0. The summed E-state index contributed by atoms with van der Waals surface area (Å²) >= 11 is 6.12. The largest absolute Gasteiger partial charge is 0.371 e. The van der Waals surface area contributed by atoms with Crippen molar-refractivity contribution in [1.82, 2.24) is 4.90 Å². The highest BCUT2D eigenvalue weighted by molar-refractivity contribution is 6.31. The number of epoxide rings is 1. The van der Waals surface area contributed by atoms with Crippen LogP contribution >= 0.6 is 11.6 Å². The van der Waals surface area contributed by atoms with Gasteiger partial charge in [-0.3, -0.25) is 4.79 Å². The van der Waals surface area contributed by atoms with Crippen LogP contribution in [0.15, 0.2) is 24.3 Å². The van der Waals surface area contributed by atoms with Crippen LogP contribution in [0, 0.1) is 0 Å². The monoisotopic (exact) mass is 251 g/mol. The van der Waals surface area contributed by atoms with Gasteiger partial charge in [-0.1, -0.05) is 29.8 Å². The molecule has 3 rings (SSSR count). The van der Waals surface area contributed by atoms with Gasteiger partial charge in [-0.2, -0.15) is 0 Å². The molecule has 4 heteroatoms. The molecular formula is C13H14ClNO2. The van der Waals surface area contributed by atoms with Crippen molar-refractivity contribution in [2.45, 2.75) is 31.5 Å². The predicted molar refractivity (Wildman–Crippen MR) is 64.8 cm³/mol. The number of likely N-dealkylation sites (tertiary alicyclic amines) is 1. The zero-order valence-electron chi connectivity index (χ0n) is 9.43. The third-order valence-electron chi connectivity index (χ3n) is 3.46. The number of ether oxygens (including phenoxy) is 1. The Morgan fingerprint density at radius 3 is 2.88 bits per heavy atom. The van der Waals surface area contributed by atoms with Gasteiger partial charge in [-0.25, -0.2) is 0 Å². The van der Waals surface area contributed by atoms with E-state index in [0.717, 1.165) is 23.6 Å². The standard InChI is InChI=1S/C13H14ClNO2/c14-10-4-2-1-3-9(10)7-15-11(12-8-17-12)5-6-13(15)16/h1-4,11-12H,5-8H2/t11-,12?/m1/s1. The van der Waals surface area contributed by atoms with E-state index in [4.69, 9.17) is 16.3 Å². The van der Waals surface area contributed by atoms with Gasteiger partial charge in [0, 0.05) is 18.0 Å². The Bertz CT molecular complexity index is 445. The first-order valence-corrected chi connectivity index (χ1v) is 6.28. The molecule has 17 heavy (non-hydrogen) atoms. The van der Waals surface area contributed by atoms with Crippen molar-refractivity contribution >= 4 is 17.5 Å². The van der Waals surface area contributed by atoms with Crippen molar-refractivity contribution in [2.24, 2.45) is 0 Å². The van der Waals surface area contributed by atoms with E-state index >= 15 is 0 Å². The van der Waals surface area contributed by atoms with Crippen LogP contribution in [-0.4, -0.2) is 29.6 Å². The average Bonchev–Trinajstić information content (AvgIpc) is 3.09. The fourth-order valence-electron chi connectivity index (χ4n) is 2.44. The minimum Gasteiger partial charge on any atom is -0.371 e. The number of halogens is 1. The highest BCUT2D eigenvalue weighted by atomic mass is 35.5. The molecule has 2 heterocycles. The van der Waals surface area contributed by atoms with Gasteiger partial charge >= 0.3 is 0 Å². The number of hydrogen-bond donors (Lipinski definition) is 0. The molecule has 1 unspecified atom stereocenters. The Morgan fingerprint density at radius 1 is 1.41 bits per heavy atom. The summed E-state index contributed by atoms with van der Waals surface area (Å²) in [4.78, 5) is 13.8. The molecule has 0 spiro atoms. The molecule has 2 aliphatic rings. The molecule has 2 fully saturated rings. The van der Waals surface area contributed by atoms with Crippen molar-refractivity contribution in [1.29, 1.82) is 0 Å². The van der Waals surface area contributed by atoms with Gasteiger partial charge in [0.25, 0.3) is 0 Å². The molecule has 0 aliphatic carbocycles. The maximum atomic E-state index is 11.9. The van der Waals surface area contributed by atoms with E-state index in [1.807, 2.05) is 29.2 Å². The Morgan fingerprint density at radius 2 is 2.18 bits per heavy atom. The lowest BCUT2D eigenvalue weighted by Crippen LogP contribution is -2.36. The van der Waals surface area contributed by atoms with Crippen molar-refractivity contribution in [3.63, 3.8) is 0 Å². The van der Waals surface area contributed by atoms with Crippen LogP contribution in [0.25, 0.3) is 0 Å². The minimum absolute atomic E-state index is 0.213. The van der Waals surface area contributed by atoms with Crippen molar-refractivity contribution in [2.75, 3.05) is 6.61 Å². The fourth-order valence-corrected chi connectivity index (χ4v) is 2.63. The molecule has 0 saturated carbocycles. The molecule has 0 N–H and O–H groups in total. The smallest absolute Gasteiger partial charge is 0.223 e. The summed E-state index contributed by atoms with van der Waals surface area (Å²) in [6, 6.07) is 7.93. The maximum Gasteiger partial charge on any atom is 0.223 e. The quantitative estimate of drug-likeness (QED) is 0.772. The van der Waals surface area contributed by atoms with Gasteiger partial charge in [0.1, 0.15) is 6.10 Å². The maximum absolute atomic E-state index is 11.9. The molecule has 90 valence electrons. The van der Waals surface area contributed by atoms with E-state index in [2.05, 4.69) is 0 Å². The third kappa shape index (κ3) is 2.17. The van der Waals surface area contributed by atoms with E-state index < -0.39 is 0 Å². The number of benzene rings is 1. The highest BCUT2D eigenvalue weighted by Crippen LogP contribution is 2.31. The summed E-state index contributed by atoms with van der Waals surface area (Å²) < 4.78 is 5.31. The molecule has 2 atom stereocenters. The van der Waals surface area contributed by atoms with Gasteiger partial charge in [0.15, 0.2) is 0 Å². The Hall–Kier alpha value is -1.06. The lowest BCUT2D eigenvalue weighted by molar-refractivity contribution is -0.129. The first-order chi connectivity index (χ1) is 8.25. The molecule has 3 nitrogen and oxygen atoms in total. The topological polar surface area (TPSA) is 32.8 Å². The molecule has 0 bridgehead atoms. The average molecular weight is 252 g/mol. The van der Waals surface area contributed by atoms with Gasteiger partial charge in [0.05, 0.1) is 12.6 Å². The van der Waals surface area contributed by atoms with Crippen molar-refractivity contribution in [3.05, 3.63) is 34.9 Å². The molecule has 1 aromatic carbocycles. The second-order valence-electron chi connectivity index (χ2n) is 4.59. The Balaban J connectivity index is 1.78. The van der Waals surface area contributed by atoms with E-state index in [9.17, 15) is 4.79 Å². The molecule has 0 radical (unpaired) electrons. The number of amides is 1. The zero-order chi connectivity index (χ0) is 11.8. The van der Waals surface area contributed by atoms with Gasteiger partial charge in [0.2, 0.25) is 5.91 Å². The van der Waals surface area contributed by atoms with Crippen LogP contribution in [0.1, 0.15) is 18.4 Å². The number of rotatable bonds is 3. The van der Waals surface area contributed by atoms with Gasteiger partial charge in [-0.05, 0) is 18.1 Å². The first-order valence-electron chi connectivity index (χ1n) is 5.90. The van der Waals surface area contributed by atoms with Gasteiger partial charge < -0.3 is 9.64 Å². The second-order valence-corrected chi connectivity index (χ2v) is 5.00. The van der Waals surface area contributed by atoms with Gasteiger partial charge in [-0.15, -0.1) is 0 Å². The first kappa shape index (κ1) is 11.1. The van der Waals surface area contributed by atoms with Crippen LogP contribution < -0.4 is 0 Å². The minimum atomic E-state index is 0.213. The molecule has 2 aliphatic heterocycles. The van der Waals surface area contributed by atoms with E-state index in [1.165, 1.54) is 0 Å². The zero-order valence-corrected chi connectivity index (χ0v) is 10.2. The normalized spacial score (nSPS) is 27.6. The molecule has 2 saturated heterocycles. The van der Waals surface area contributed by atoms with E-state index in [-0.39, 0.29) is 18.1 Å². The summed E-state index contributed by atoms with van der Waals surface area (Å²) in [5, 5.41) is 0.725. The van der Waals surface area contributed by atoms with Crippen LogP contribution in [0.3, 0.4) is 0 Å². The van der Waals surface area contributed by atoms with Crippen molar-refractivity contribution < 1.29 is 9.53 Å². The number of carbonyl (C=O) groups excluding carboxylic acids is 1. The van der Waals surface area contributed by atoms with E-state index in [1.54, 1.807) is 0 Å². The summed E-state index contributed by atoms with van der Waals surface area (Å²) in [6.45, 7) is 1.39. The summed E-state index contributed by atoms with van der Waals surface area (Å²) in [5.41, 5.74) is 1.01. The van der Waals surface area contributed by atoms with Crippen LogP contribution in [0.5, 0.6) is 0 Å². The molecule has 1 aromatic rings. The van der Waals surface area contributed by atoms with Crippen molar-refractivity contribution in [3.8, 4) is 0 Å². The van der Waals surface area contributed by atoms with Crippen LogP contribution in [-0.2, 0) is 16.1 Å². The fraction of sp³-hybridized carbons (Fsp3) is 0.462. The second kappa shape index (κ2) is 4.31. The SMILES string of the molecule is O=C1CC[C@H](C2CO2)N1Cc1ccccc1Cl. The lowest BCUT2D eigenvalue weighted by Gasteiger charge is -2.24. The number of carbonyl (C=O) groups is 1. The summed E-state index contributed by atoms with van der Waals surface area (Å²) in [6.07, 6.45) is 1.80. The number of nitrogens with zero attached hydrogens (tertiary/aromatic N) is 1. The molecule has 1 amide bonds. The Kier molecular flexibility index (Phi) is 2.81. The van der Waals surface area contributed by atoms with E-state index in [0.29, 0.717) is 13.0 Å². The van der Waals surface area contributed by atoms with Crippen LogP contribution in [0.4, 0.5) is 0 Å².